The Morgan fingerprint density at radius 3 is 2.39 bits per heavy atom. The number of carbonyl (C=O) groups excluding carboxylic acids is 2. The summed E-state index contributed by atoms with van der Waals surface area (Å²) in [4.78, 5) is 27.9. The number of ether oxygens (including phenoxy) is 1. The number of fused-ring (bicyclic) bond motifs is 4. The van der Waals surface area contributed by atoms with E-state index in [0.29, 0.717) is 18.4 Å². The van der Waals surface area contributed by atoms with Gasteiger partial charge < -0.3 is 20.1 Å². The molecule has 1 saturated heterocycles. The lowest BCUT2D eigenvalue weighted by Gasteiger charge is -2.55. The molecule has 0 unspecified atom stereocenters. The van der Waals surface area contributed by atoms with E-state index in [1.807, 2.05) is 65.0 Å². The van der Waals surface area contributed by atoms with Crippen LogP contribution in [0, 0.1) is 46.8 Å². The molecule has 6 heteroatoms. The number of aliphatic hydroxyl groups excluding tert-OH is 3. The van der Waals surface area contributed by atoms with E-state index in [9.17, 15) is 24.9 Å². The van der Waals surface area contributed by atoms with Crippen molar-refractivity contribution in [2.45, 2.75) is 78.6 Å². The Morgan fingerprint density at radius 2 is 1.68 bits per heavy atom. The zero-order valence-corrected chi connectivity index (χ0v) is 23.3. The van der Waals surface area contributed by atoms with Crippen LogP contribution < -0.4 is 0 Å². The molecular formula is C32H42O6. The summed E-state index contributed by atoms with van der Waals surface area (Å²) < 4.78 is 5.98. The molecule has 1 heterocycles. The lowest BCUT2D eigenvalue weighted by atomic mass is 9.49. The molecule has 6 nitrogen and oxygen atoms in total. The summed E-state index contributed by atoms with van der Waals surface area (Å²) in [5.74, 6) is -2.55. The molecule has 0 amide bonds. The molecule has 0 aromatic rings. The van der Waals surface area contributed by atoms with Crippen molar-refractivity contribution in [1.82, 2.24) is 0 Å². The van der Waals surface area contributed by atoms with E-state index in [0.717, 1.165) is 12.0 Å². The summed E-state index contributed by atoms with van der Waals surface area (Å²) in [6.07, 6.45) is 12.0. The number of hydrogen-bond acceptors (Lipinski definition) is 6. The summed E-state index contributed by atoms with van der Waals surface area (Å²) in [5.41, 5.74) is -1.07. The second-order valence-corrected chi connectivity index (χ2v) is 13.0. The lowest BCUT2D eigenvalue weighted by molar-refractivity contribution is -0.155. The molecule has 11 atom stereocenters. The van der Waals surface area contributed by atoms with E-state index < -0.39 is 40.9 Å². The van der Waals surface area contributed by atoms with Gasteiger partial charge in [-0.25, -0.2) is 4.79 Å². The summed E-state index contributed by atoms with van der Waals surface area (Å²) in [7, 11) is 0. The topological polar surface area (TPSA) is 104 Å². The molecule has 1 spiro atoms. The van der Waals surface area contributed by atoms with Gasteiger partial charge in [0.2, 0.25) is 5.78 Å². The third-order valence-corrected chi connectivity index (χ3v) is 10.4. The average Bonchev–Trinajstić information content (AvgIpc) is 3.10. The molecule has 0 radical (unpaired) electrons. The fourth-order valence-corrected chi connectivity index (χ4v) is 8.38. The molecule has 4 aliphatic carbocycles. The van der Waals surface area contributed by atoms with Crippen molar-refractivity contribution in [3.8, 4) is 0 Å². The minimum absolute atomic E-state index is 0.00282. The Hall–Kier alpha value is -2.44. The molecule has 2 fully saturated rings. The second-order valence-electron chi connectivity index (χ2n) is 13.0. The van der Waals surface area contributed by atoms with Crippen molar-refractivity contribution in [2.75, 3.05) is 0 Å². The SMILES string of the molecule is C/C1=C/[C@@H]2C=C[C@H](C)C[C@]23OC(=O)/C(=C(\O)[C@@]2(C)[C@H]4[C@H](C=C[C@H]2/C(C)=C\C[C@@H]1O)[C@@H](O)[C@@H](C)C[C@@H]4C)C3=O. The number of ketones is 1. The van der Waals surface area contributed by atoms with Gasteiger partial charge in [-0.2, -0.15) is 0 Å². The molecule has 0 aromatic heterocycles. The Balaban J connectivity index is 1.78. The predicted molar refractivity (Wildman–Crippen MR) is 145 cm³/mol. The smallest absolute Gasteiger partial charge is 0.346 e. The molecule has 1 saturated carbocycles. The summed E-state index contributed by atoms with van der Waals surface area (Å²) in [5, 5.41) is 34.4. The Bertz CT molecular complexity index is 1190. The molecule has 2 bridgehead atoms. The van der Waals surface area contributed by atoms with Crippen LogP contribution in [0.3, 0.4) is 0 Å². The van der Waals surface area contributed by atoms with Gasteiger partial charge >= 0.3 is 5.97 Å². The maximum atomic E-state index is 14.3. The first-order valence-electron chi connectivity index (χ1n) is 14.1. The highest BCUT2D eigenvalue weighted by atomic mass is 16.6. The standard InChI is InChI=1S/C32H42O6/c1-16-7-9-21-14-18(3)24(33)12-8-17(2)23-11-10-22-26(19(4)13-20(5)27(22)34)31(23,6)28(35)25-29(36)32(21,15-16)38-30(25)37/h7-11,14,16,19-24,26-27,33-35H,12-13,15H2,1-6H3/b17-8-,18-14-,28-25-/t16-,19-,20-,21-,22-,23-,24-,26+,27-,31+,32-/m0/s1. The van der Waals surface area contributed by atoms with Crippen LogP contribution in [-0.4, -0.2) is 44.9 Å². The van der Waals surface area contributed by atoms with Crippen molar-refractivity contribution < 1.29 is 29.6 Å². The fraction of sp³-hybridized carbons (Fsp3) is 0.625. The lowest BCUT2D eigenvalue weighted by Crippen LogP contribution is -2.54. The van der Waals surface area contributed by atoms with Crippen molar-refractivity contribution >= 4 is 11.8 Å². The summed E-state index contributed by atoms with van der Waals surface area (Å²) in [6.45, 7) is 11.9. The first kappa shape index (κ1) is 27.1. The van der Waals surface area contributed by atoms with E-state index in [4.69, 9.17) is 4.74 Å². The van der Waals surface area contributed by atoms with Crippen LogP contribution in [0.15, 0.2) is 58.9 Å². The maximum absolute atomic E-state index is 14.3. The number of aliphatic hydroxyl groups is 3. The number of rotatable bonds is 0. The van der Waals surface area contributed by atoms with Crippen LogP contribution in [0.4, 0.5) is 0 Å². The number of allylic oxidation sites excluding steroid dienone is 4. The Labute approximate surface area is 225 Å². The minimum atomic E-state index is -1.45. The minimum Gasteiger partial charge on any atom is -0.511 e. The molecule has 3 N–H and O–H groups in total. The number of Topliss-reactive ketones (excluding diaryl/α,β-unsaturated/α-hetero) is 1. The van der Waals surface area contributed by atoms with Gasteiger partial charge in [-0.05, 0) is 55.9 Å². The first-order chi connectivity index (χ1) is 17.8. The maximum Gasteiger partial charge on any atom is 0.346 e. The van der Waals surface area contributed by atoms with Crippen molar-refractivity contribution in [3.05, 3.63) is 58.9 Å². The van der Waals surface area contributed by atoms with Gasteiger partial charge in [-0.3, -0.25) is 4.79 Å². The van der Waals surface area contributed by atoms with Crippen LogP contribution in [-0.2, 0) is 14.3 Å². The monoisotopic (exact) mass is 522 g/mol. The van der Waals surface area contributed by atoms with Crippen LogP contribution in [0.25, 0.3) is 0 Å². The molecule has 1 aliphatic heterocycles. The van der Waals surface area contributed by atoms with Gasteiger partial charge in [0.1, 0.15) is 11.3 Å². The fourth-order valence-electron chi connectivity index (χ4n) is 8.38. The Morgan fingerprint density at radius 1 is 0.974 bits per heavy atom. The van der Waals surface area contributed by atoms with Gasteiger partial charge in [0, 0.05) is 29.6 Å². The second kappa shape index (κ2) is 9.34. The van der Waals surface area contributed by atoms with E-state index in [1.54, 1.807) is 0 Å². The van der Waals surface area contributed by atoms with Crippen molar-refractivity contribution in [3.63, 3.8) is 0 Å². The van der Waals surface area contributed by atoms with E-state index in [-0.39, 0.29) is 46.8 Å². The third-order valence-electron chi connectivity index (χ3n) is 10.4. The predicted octanol–water partition coefficient (Wildman–Crippen LogP) is 4.99. The number of carbonyl (C=O) groups is 2. The van der Waals surface area contributed by atoms with Gasteiger partial charge in [0.15, 0.2) is 5.60 Å². The van der Waals surface area contributed by atoms with Crippen molar-refractivity contribution in [1.29, 1.82) is 0 Å². The Kier molecular flexibility index (Phi) is 6.67. The van der Waals surface area contributed by atoms with Gasteiger partial charge in [0.25, 0.3) is 0 Å². The molecule has 5 rings (SSSR count). The molecule has 5 aliphatic rings. The van der Waals surface area contributed by atoms with Crippen LogP contribution in [0.1, 0.15) is 60.8 Å². The normalized spacial score (nSPS) is 51.6. The summed E-state index contributed by atoms with van der Waals surface area (Å²) >= 11 is 0. The third kappa shape index (κ3) is 3.82. The molecular weight excluding hydrogens is 480 g/mol. The number of hydrogen-bond donors (Lipinski definition) is 3. The van der Waals surface area contributed by atoms with Crippen molar-refractivity contribution in [2.24, 2.45) is 46.8 Å². The van der Waals surface area contributed by atoms with Gasteiger partial charge in [0.05, 0.1) is 12.2 Å². The zero-order valence-electron chi connectivity index (χ0n) is 23.3. The van der Waals surface area contributed by atoms with E-state index >= 15 is 0 Å². The van der Waals surface area contributed by atoms with Gasteiger partial charge in [-0.15, -0.1) is 0 Å². The van der Waals surface area contributed by atoms with Gasteiger partial charge in [-0.1, -0.05) is 69.7 Å². The highest BCUT2D eigenvalue weighted by Gasteiger charge is 2.62. The van der Waals surface area contributed by atoms with E-state index in [1.165, 1.54) is 0 Å². The van der Waals surface area contributed by atoms with Crippen LogP contribution in [0.2, 0.25) is 0 Å². The first-order valence-corrected chi connectivity index (χ1v) is 14.1. The largest absolute Gasteiger partial charge is 0.511 e. The zero-order chi connectivity index (χ0) is 27.7. The highest BCUT2D eigenvalue weighted by molar-refractivity contribution is 6.26. The summed E-state index contributed by atoms with van der Waals surface area (Å²) in [6, 6.07) is 0. The highest BCUT2D eigenvalue weighted by Crippen LogP contribution is 2.60. The quantitative estimate of drug-likeness (QED) is 0.235. The molecule has 38 heavy (non-hydrogen) atoms. The number of esters is 1. The molecule has 206 valence electrons. The average molecular weight is 523 g/mol. The van der Waals surface area contributed by atoms with Crippen LogP contribution in [0.5, 0.6) is 0 Å². The van der Waals surface area contributed by atoms with Crippen LogP contribution >= 0.6 is 0 Å². The molecule has 0 aromatic carbocycles. The van der Waals surface area contributed by atoms with E-state index in [2.05, 4.69) is 13.0 Å².